The number of rotatable bonds is 17. The third-order valence-electron chi connectivity index (χ3n) is 6.14. The Morgan fingerprint density at radius 3 is 1.78 bits per heavy atom. The van der Waals surface area contributed by atoms with Crippen LogP contribution in [0.4, 0.5) is 0 Å². The molecule has 6 nitrogen and oxygen atoms in total. The Morgan fingerprint density at radius 1 is 0.730 bits per heavy atom. The van der Waals surface area contributed by atoms with Crippen LogP contribution in [0.15, 0.2) is 61.2 Å². The van der Waals surface area contributed by atoms with Crippen molar-refractivity contribution in [2.24, 2.45) is 5.92 Å². The highest BCUT2D eigenvalue weighted by molar-refractivity contribution is 5.94. The van der Waals surface area contributed by atoms with Crippen molar-refractivity contribution in [3.8, 4) is 5.75 Å². The van der Waals surface area contributed by atoms with E-state index < -0.39 is 17.9 Å². The first-order valence-corrected chi connectivity index (χ1v) is 13.3. The number of allylic oxidation sites excluding steroid dienone is 1. The number of hydrogen-bond acceptors (Lipinski definition) is 6. The third-order valence-corrected chi connectivity index (χ3v) is 6.14. The predicted molar refractivity (Wildman–Crippen MR) is 145 cm³/mol. The summed E-state index contributed by atoms with van der Waals surface area (Å²) in [5.74, 6) is -0.759. The van der Waals surface area contributed by atoms with Gasteiger partial charge in [-0.15, -0.1) is 6.58 Å². The van der Waals surface area contributed by atoms with Crippen molar-refractivity contribution in [3.63, 3.8) is 0 Å². The molecule has 0 N–H and O–H groups in total. The van der Waals surface area contributed by atoms with Gasteiger partial charge in [-0.2, -0.15) is 0 Å². The van der Waals surface area contributed by atoms with Crippen LogP contribution in [0.1, 0.15) is 103 Å². The zero-order valence-corrected chi connectivity index (χ0v) is 22.2. The average molecular weight is 509 g/mol. The SMILES string of the molecule is C=CCCCCCCCCCOC(=O)c1ccc(C(=O)Oc2ccc(C(=O)OC[C@@H](C)CC)cc2)cc1. The molecule has 2 aromatic rings. The van der Waals surface area contributed by atoms with E-state index >= 15 is 0 Å². The summed E-state index contributed by atoms with van der Waals surface area (Å²) in [5, 5.41) is 0. The molecule has 0 aliphatic rings. The molecule has 2 rings (SSSR count). The van der Waals surface area contributed by atoms with Crippen molar-refractivity contribution in [2.45, 2.75) is 71.6 Å². The first-order chi connectivity index (χ1) is 17.9. The highest BCUT2D eigenvalue weighted by atomic mass is 16.5. The van der Waals surface area contributed by atoms with E-state index in [9.17, 15) is 14.4 Å². The number of esters is 3. The fourth-order valence-electron chi connectivity index (χ4n) is 3.51. The second-order valence-electron chi connectivity index (χ2n) is 9.29. The third kappa shape index (κ3) is 11.5. The lowest BCUT2D eigenvalue weighted by molar-refractivity contribution is 0.0445. The van der Waals surface area contributed by atoms with Gasteiger partial charge >= 0.3 is 17.9 Å². The Balaban J connectivity index is 1.71. The maximum absolute atomic E-state index is 12.5. The second-order valence-corrected chi connectivity index (χ2v) is 9.29. The summed E-state index contributed by atoms with van der Waals surface area (Å²) in [4.78, 5) is 36.8. The summed E-state index contributed by atoms with van der Waals surface area (Å²) in [6.07, 6.45) is 11.9. The Kier molecular flexibility index (Phi) is 13.8. The minimum Gasteiger partial charge on any atom is -0.462 e. The molecule has 0 unspecified atom stereocenters. The molecule has 0 aromatic heterocycles. The molecule has 1 atom stereocenters. The van der Waals surface area contributed by atoms with E-state index in [-0.39, 0.29) is 0 Å². The van der Waals surface area contributed by atoms with Gasteiger partial charge in [0.1, 0.15) is 5.75 Å². The van der Waals surface area contributed by atoms with Gasteiger partial charge in [0.15, 0.2) is 0 Å². The molecule has 0 saturated carbocycles. The van der Waals surface area contributed by atoms with Gasteiger partial charge in [0.25, 0.3) is 0 Å². The Labute approximate surface area is 221 Å². The minimum absolute atomic E-state index is 0.301. The Bertz CT molecular complexity index is 978. The molecule has 0 radical (unpaired) electrons. The van der Waals surface area contributed by atoms with Gasteiger partial charge in [-0.3, -0.25) is 0 Å². The highest BCUT2D eigenvalue weighted by Crippen LogP contribution is 2.16. The lowest BCUT2D eigenvalue weighted by Gasteiger charge is -2.10. The molecular weight excluding hydrogens is 468 g/mol. The van der Waals surface area contributed by atoms with Crippen molar-refractivity contribution in [2.75, 3.05) is 13.2 Å². The van der Waals surface area contributed by atoms with Crippen LogP contribution in [-0.4, -0.2) is 31.1 Å². The van der Waals surface area contributed by atoms with Gasteiger partial charge in [-0.1, -0.05) is 58.4 Å². The van der Waals surface area contributed by atoms with Crippen LogP contribution in [0.3, 0.4) is 0 Å². The molecule has 6 heteroatoms. The molecule has 2 aromatic carbocycles. The van der Waals surface area contributed by atoms with Crippen LogP contribution >= 0.6 is 0 Å². The van der Waals surface area contributed by atoms with E-state index in [4.69, 9.17) is 14.2 Å². The number of unbranched alkanes of at least 4 members (excludes halogenated alkanes) is 7. The number of ether oxygens (including phenoxy) is 3. The smallest absolute Gasteiger partial charge is 0.343 e. The van der Waals surface area contributed by atoms with Gasteiger partial charge in [0.2, 0.25) is 0 Å². The zero-order valence-electron chi connectivity index (χ0n) is 22.2. The number of hydrogen-bond donors (Lipinski definition) is 0. The predicted octanol–water partition coefficient (Wildman–Crippen LogP) is 7.57. The standard InChI is InChI=1S/C31H40O6/c1-4-6-7-8-9-10-11-12-13-22-35-29(32)25-14-16-27(17-15-25)31(34)37-28-20-18-26(19-21-28)30(33)36-23-24(3)5-2/h4,14-21,24H,1,5-13,22-23H2,2-3H3/t24-/m0/s1. The molecule has 0 saturated heterocycles. The molecule has 0 aliphatic carbocycles. The van der Waals surface area contributed by atoms with E-state index in [1.54, 1.807) is 36.4 Å². The molecule has 0 bridgehead atoms. The van der Waals surface area contributed by atoms with Crippen molar-refractivity contribution in [1.82, 2.24) is 0 Å². The summed E-state index contributed by atoms with van der Waals surface area (Å²) in [6.45, 7) is 8.55. The molecule has 0 amide bonds. The first kappa shape index (κ1) is 29.8. The molecule has 0 heterocycles. The maximum Gasteiger partial charge on any atom is 0.343 e. The summed E-state index contributed by atoms with van der Waals surface area (Å²) in [6, 6.07) is 12.4. The monoisotopic (exact) mass is 508 g/mol. The van der Waals surface area contributed by atoms with Gasteiger partial charge in [0.05, 0.1) is 29.9 Å². The summed E-state index contributed by atoms with van der Waals surface area (Å²) >= 11 is 0. The summed E-state index contributed by atoms with van der Waals surface area (Å²) < 4.78 is 16.0. The molecule has 0 fully saturated rings. The maximum atomic E-state index is 12.5. The van der Waals surface area contributed by atoms with Crippen LogP contribution in [-0.2, 0) is 9.47 Å². The van der Waals surface area contributed by atoms with E-state index in [0.29, 0.717) is 41.6 Å². The second kappa shape index (κ2) is 17.1. The van der Waals surface area contributed by atoms with E-state index in [2.05, 4.69) is 6.58 Å². The lowest BCUT2D eigenvalue weighted by atomic mass is 10.1. The van der Waals surface area contributed by atoms with Crippen molar-refractivity contribution < 1.29 is 28.6 Å². The molecule has 0 spiro atoms. The number of benzene rings is 2. The summed E-state index contributed by atoms with van der Waals surface area (Å²) in [7, 11) is 0. The van der Waals surface area contributed by atoms with Crippen LogP contribution in [0, 0.1) is 5.92 Å². The van der Waals surface area contributed by atoms with Crippen LogP contribution < -0.4 is 4.74 Å². The Morgan fingerprint density at radius 2 is 1.22 bits per heavy atom. The van der Waals surface area contributed by atoms with Crippen molar-refractivity contribution in [1.29, 1.82) is 0 Å². The number of carbonyl (C=O) groups excluding carboxylic acids is 3. The highest BCUT2D eigenvalue weighted by Gasteiger charge is 2.13. The first-order valence-electron chi connectivity index (χ1n) is 13.3. The molecule has 37 heavy (non-hydrogen) atoms. The largest absolute Gasteiger partial charge is 0.462 e. The van der Waals surface area contributed by atoms with E-state index in [0.717, 1.165) is 32.1 Å². The minimum atomic E-state index is -0.559. The zero-order chi connectivity index (χ0) is 26.9. The van der Waals surface area contributed by atoms with Gasteiger partial charge in [-0.25, -0.2) is 14.4 Å². The van der Waals surface area contributed by atoms with Crippen LogP contribution in [0.5, 0.6) is 5.75 Å². The quantitative estimate of drug-likeness (QED) is 0.0949. The molecular formula is C31H40O6. The van der Waals surface area contributed by atoms with Gasteiger partial charge < -0.3 is 14.2 Å². The van der Waals surface area contributed by atoms with Crippen molar-refractivity contribution in [3.05, 3.63) is 77.9 Å². The fourth-order valence-corrected chi connectivity index (χ4v) is 3.51. The topological polar surface area (TPSA) is 78.9 Å². The van der Waals surface area contributed by atoms with E-state index in [1.807, 2.05) is 19.9 Å². The average Bonchev–Trinajstić information content (AvgIpc) is 2.92. The van der Waals surface area contributed by atoms with Crippen molar-refractivity contribution >= 4 is 17.9 Å². The van der Waals surface area contributed by atoms with Crippen LogP contribution in [0.25, 0.3) is 0 Å². The van der Waals surface area contributed by atoms with Crippen LogP contribution in [0.2, 0.25) is 0 Å². The van der Waals surface area contributed by atoms with E-state index in [1.165, 1.54) is 37.8 Å². The summed E-state index contributed by atoms with van der Waals surface area (Å²) in [5.41, 5.74) is 1.09. The molecule has 0 aliphatic heterocycles. The van der Waals surface area contributed by atoms with Gasteiger partial charge in [-0.05, 0) is 73.7 Å². The fraction of sp³-hybridized carbons (Fsp3) is 0.452. The Hall–Kier alpha value is -3.41. The molecule has 200 valence electrons. The normalized spacial score (nSPS) is 11.4. The number of carbonyl (C=O) groups is 3. The lowest BCUT2D eigenvalue weighted by Crippen LogP contribution is -2.12. The van der Waals surface area contributed by atoms with Gasteiger partial charge in [0, 0.05) is 0 Å².